The summed E-state index contributed by atoms with van der Waals surface area (Å²) in [6, 6.07) is 9.70. The molecule has 94 valence electrons. The van der Waals surface area contributed by atoms with Gasteiger partial charge in [-0.2, -0.15) is 0 Å². The van der Waals surface area contributed by atoms with E-state index in [1.54, 1.807) is 6.20 Å². The molecule has 0 fully saturated rings. The Morgan fingerprint density at radius 1 is 1.21 bits per heavy atom. The van der Waals surface area contributed by atoms with E-state index in [0.717, 1.165) is 22.2 Å². The maximum atomic E-state index is 11.1. The lowest BCUT2D eigenvalue weighted by atomic mass is 10.0. The first-order chi connectivity index (χ1) is 9.15. The lowest BCUT2D eigenvalue weighted by Gasteiger charge is -2.04. The Kier molecular flexibility index (Phi) is 2.56. The summed E-state index contributed by atoms with van der Waals surface area (Å²) in [7, 11) is 0. The number of fused-ring (bicyclic) bond motifs is 1. The first-order valence-corrected chi connectivity index (χ1v) is 5.93. The Morgan fingerprint density at radius 2 is 2.05 bits per heavy atom. The minimum atomic E-state index is -0.932. The van der Waals surface area contributed by atoms with Crippen molar-refractivity contribution in [2.24, 2.45) is 0 Å². The van der Waals surface area contributed by atoms with Crippen LogP contribution in [0.3, 0.4) is 0 Å². The maximum absolute atomic E-state index is 11.1. The first kappa shape index (κ1) is 11.5. The number of hydrogen-bond acceptors (Lipinski definition) is 2. The summed E-state index contributed by atoms with van der Waals surface area (Å²) in [5, 5.41) is 10.1. The summed E-state index contributed by atoms with van der Waals surface area (Å²) in [6.45, 7) is 1.95. The molecule has 4 heteroatoms. The van der Waals surface area contributed by atoms with Crippen molar-refractivity contribution < 1.29 is 9.90 Å². The van der Waals surface area contributed by atoms with Crippen LogP contribution in [0.5, 0.6) is 0 Å². The van der Waals surface area contributed by atoms with Gasteiger partial charge in [0.25, 0.3) is 0 Å². The minimum Gasteiger partial charge on any atom is -0.478 e. The molecule has 0 spiro atoms. The number of aryl methyl sites for hydroxylation is 1. The molecular formula is C15H12N2O2. The number of aromatic carboxylic acids is 1. The number of carboxylic acids is 1. The molecule has 0 aliphatic carbocycles. The third-order valence-corrected chi connectivity index (χ3v) is 3.12. The summed E-state index contributed by atoms with van der Waals surface area (Å²) in [4.78, 5) is 18.4. The second kappa shape index (κ2) is 4.24. The molecule has 1 aromatic carbocycles. The second-order valence-electron chi connectivity index (χ2n) is 4.45. The zero-order valence-electron chi connectivity index (χ0n) is 10.3. The molecule has 0 atom stereocenters. The number of H-pyrrole nitrogens is 1. The third kappa shape index (κ3) is 1.97. The summed E-state index contributed by atoms with van der Waals surface area (Å²) >= 11 is 0. The van der Waals surface area contributed by atoms with Gasteiger partial charge in [-0.05, 0) is 30.7 Å². The number of pyridine rings is 1. The molecule has 3 rings (SSSR count). The van der Waals surface area contributed by atoms with Gasteiger partial charge in [0.1, 0.15) is 0 Å². The van der Waals surface area contributed by atoms with Crippen LogP contribution >= 0.6 is 0 Å². The molecular weight excluding hydrogens is 240 g/mol. The number of aromatic amines is 1. The van der Waals surface area contributed by atoms with Crippen LogP contribution < -0.4 is 0 Å². The Bertz CT molecular complexity index is 775. The van der Waals surface area contributed by atoms with Gasteiger partial charge >= 0.3 is 5.97 Å². The van der Waals surface area contributed by atoms with Crippen molar-refractivity contribution in [2.75, 3.05) is 0 Å². The van der Waals surface area contributed by atoms with Crippen LogP contribution in [0.1, 0.15) is 16.1 Å². The van der Waals surface area contributed by atoms with Gasteiger partial charge in [0.05, 0.1) is 11.1 Å². The van der Waals surface area contributed by atoms with E-state index in [4.69, 9.17) is 5.11 Å². The number of benzene rings is 1. The molecule has 2 aromatic heterocycles. The van der Waals surface area contributed by atoms with Crippen LogP contribution in [0, 0.1) is 6.92 Å². The predicted molar refractivity (Wildman–Crippen MR) is 73.2 cm³/mol. The van der Waals surface area contributed by atoms with Crippen molar-refractivity contribution in [3.63, 3.8) is 0 Å². The highest BCUT2D eigenvalue weighted by molar-refractivity contribution is 5.97. The molecule has 0 unspecified atom stereocenters. The highest BCUT2D eigenvalue weighted by Crippen LogP contribution is 2.26. The topological polar surface area (TPSA) is 66.0 Å². The van der Waals surface area contributed by atoms with E-state index in [0.29, 0.717) is 5.56 Å². The van der Waals surface area contributed by atoms with Crippen LogP contribution in [0.25, 0.3) is 22.0 Å². The van der Waals surface area contributed by atoms with Gasteiger partial charge in [0.2, 0.25) is 0 Å². The van der Waals surface area contributed by atoms with Crippen LogP contribution in [0.2, 0.25) is 0 Å². The molecule has 0 saturated heterocycles. The second-order valence-corrected chi connectivity index (χ2v) is 4.45. The fourth-order valence-corrected chi connectivity index (χ4v) is 2.17. The predicted octanol–water partition coefficient (Wildman–Crippen LogP) is 3.24. The molecule has 4 nitrogen and oxygen atoms in total. The standard InChI is InChI=1S/C15H12N2O2/c1-9-2-3-11-6-10(4-5-14(11)17-9)12-7-16-8-13(12)15(18)19/h2-8,16H,1H3,(H,18,19). The zero-order chi connectivity index (χ0) is 13.4. The summed E-state index contributed by atoms with van der Waals surface area (Å²) in [5.41, 5.74) is 3.72. The average molecular weight is 252 g/mol. The van der Waals surface area contributed by atoms with Crippen molar-refractivity contribution in [2.45, 2.75) is 6.92 Å². The van der Waals surface area contributed by atoms with Gasteiger partial charge in [-0.3, -0.25) is 4.98 Å². The van der Waals surface area contributed by atoms with Gasteiger partial charge < -0.3 is 10.1 Å². The monoisotopic (exact) mass is 252 g/mol. The fraction of sp³-hybridized carbons (Fsp3) is 0.0667. The maximum Gasteiger partial charge on any atom is 0.337 e. The van der Waals surface area contributed by atoms with Crippen molar-refractivity contribution in [3.8, 4) is 11.1 Å². The zero-order valence-corrected chi connectivity index (χ0v) is 10.3. The molecule has 2 N–H and O–H groups in total. The molecule has 0 aliphatic heterocycles. The van der Waals surface area contributed by atoms with Gasteiger partial charge in [-0.1, -0.05) is 12.1 Å². The van der Waals surface area contributed by atoms with Crippen molar-refractivity contribution in [1.29, 1.82) is 0 Å². The quantitative estimate of drug-likeness (QED) is 0.735. The Labute approximate surface area is 109 Å². The number of nitrogens with zero attached hydrogens (tertiary/aromatic N) is 1. The SMILES string of the molecule is Cc1ccc2cc(-c3c[nH]cc3C(=O)O)ccc2n1. The highest BCUT2D eigenvalue weighted by atomic mass is 16.4. The van der Waals surface area contributed by atoms with E-state index in [2.05, 4.69) is 9.97 Å². The molecule has 0 radical (unpaired) electrons. The highest BCUT2D eigenvalue weighted by Gasteiger charge is 2.12. The number of rotatable bonds is 2. The Hall–Kier alpha value is -2.62. The first-order valence-electron chi connectivity index (χ1n) is 5.93. The van der Waals surface area contributed by atoms with Gasteiger partial charge in [0, 0.05) is 29.0 Å². The average Bonchev–Trinajstić information content (AvgIpc) is 2.87. The normalized spacial score (nSPS) is 10.8. The Morgan fingerprint density at radius 3 is 2.84 bits per heavy atom. The van der Waals surface area contributed by atoms with Crippen molar-refractivity contribution in [1.82, 2.24) is 9.97 Å². The number of hydrogen-bond donors (Lipinski definition) is 2. The third-order valence-electron chi connectivity index (χ3n) is 3.12. The number of carboxylic acid groups (broad SMARTS) is 1. The van der Waals surface area contributed by atoms with E-state index < -0.39 is 5.97 Å². The fourth-order valence-electron chi connectivity index (χ4n) is 2.17. The number of nitrogens with one attached hydrogen (secondary N) is 1. The van der Waals surface area contributed by atoms with E-state index in [-0.39, 0.29) is 5.56 Å². The van der Waals surface area contributed by atoms with Crippen molar-refractivity contribution >= 4 is 16.9 Å². The molecule has 0 aliphatic rings. The summed E-state index contributed by atoms with van der Waals surface area (Å²) < 4.78 is 0. The summed E-state index contributed by atoms with van der Waals surface area (Å²) in [5.74, 6) is -0.932. The Balaban J connectivity index is 2.18. The van der Waals surface area contributed by atoms with E-state index in [9.17, 15) is 4.79 Å². The van der Waals surface area contributed by atoms with E-state index in [1.807, 2.05) is 37.3 Å². The lowest BCUT2D eigenvalue weighted by molar-refractivity contribution is 0.0698. The van der Waals surface area contributed by atoms with E-state index in [1.165, 1.54) is 6.20 Å². The van der Waals surface area contributed by atoms with Crippen LogP contribution in [-0.4, -0.2) is 21.0 Å². The van der Waals surface area contributed by atoms with Gasteiger partial charge in [0.15, 0.2) is 0 Å². The van der Waals surface area contributed by atoms with Gasteiger partial charge in [-0.25, -0.2) is 4.79 Å². The molecule has 0 bridgehead atoms. The van der Waals surface area contributed by atoms with E-state index >= 15 is 0 Å². The van der Waals surface area contributed by atoms with Crippen LogP contribution in [0.4, 0.5) is 0 Å². The van der Waals surface area contributed by atoms with Crippen LogP contribution in [-0.2, 0) is 0 Å². The van der Waals surface area contributed by atoms with Gasteiger partial charge in [-0.15, -0.1) is 0 Å². The molecule has 3 aromatic rings. The number of carbonyl (C=O) groups is 1. The largest absolute Gasteiger partial charge is 0.478 e. The molecule has 0 saturated carbocycles. The lowest BCUT2D eigenvalue weighted by Crippen LogP contribution is -1.96. The van der Waals surface area contributed by atoms with Crippen LogP contribution in [0.15, 0.2) is 42.7 Å². The molecule has 19 heavy (non-hydrogen) atoms. The minimum absolute atomic E-state index is 0.277. The molecule has 0 amide bonds. The van der Waals surface area contributed by atoms with Crippen molar-refractivity contribution in [3.05, 3.63) is 54.0 Å². The smallest absolute Gasteiger partial charge is 0.337 e. The number of aromatic nitrogens is 2. The molecule has 2 heterocycles. The summed E-state index contributed by atoms with van der Waals surface area (Å²) in [6.07, 6.45) is 3.20.